The summed E-state index contributed by atoms with van der Waals surface area (Å²) < 4.78 is 5.39. The number of hydrogen-bond donors (Lipinski definition) is 0. The Bertz CT molecular complexity index is 903. The van der Waals surface area contributed by atoms with Crippen LogP contribution in [0.15, 0.2) is 53.1 Å². The Kier molecular flexibility index (Phi) is 4.01. The van der Waals surface area contributed by atoms with E-state index in [1.165, 1.54) is 5.56 Å². The first-order valence-electron chi connectivity index (χ1n) is 8.07. The predicted molar refractivity (Wildman–Crippen MR) is 95.6 cm³/mol. The Morgan fingerprint density at radius 2 is 1.84 bits per heavy atom. The summed E-state index contributed by atoms with van der Waals surface area (Å²) in [4.78, 5) is 18.6. The predicted octanol–water partition coefficient (Wildman–Crippen LogP) is 4.22. The lowest BCUT2D eigenvalue weighted by atomic mass is 10.1. The zero-order valence-electron chi connectivity index (χ0n) is 13.6. The number of carbonyl (C=O) groups excluding carboxylic acids is 1. The Labute approximate surface area is 150 Å². The maximum atomic E-state index is 12.4. The molecule has 5 nitrogen and oxygen atoms in total. The van der Waals surface area contributed by atoms with Gasteiger partial charge in [0, 0.05) is 35.2 Å². The van der Waals surface area contributed by atoms with E-state index in [4.69, 9.17) is 16.1 Å². The highest BCUT2D eigenvalue weighted by molar-refractivity contribution is 6.30. The van der Waals surface area contributed by atoms with Crippen molar-refractivity contribution >= 4 is 23.2 Å². The lowest BCUT2D eigenvalue weighted by Gasteiger charge is -2.16. The molecule has 3 aromatic rings. The lowest BCUT2D eigenvalue weighted by molar-refractivity contribution is -0.117. The Morgan fingerprint density at radius 3 is 2.56 bits per heavy atom. The molecule has 1 amide bonds. The van der Waals surface area contributed by atoms with Crippen molar-refractivity contribution < 1.29 is 9.32 Å². The van der Waals surface area contributed by atoms with Gasteiger partial charge in [-0.25, -0.2) is 0 Å². The minimum atomic E-state index is -0.0777. The molecule has 0 radical (unpaired) electrons. The summed E-state index contributed by atoms with van der Waals surface area (Å²) in [6, 6.07) is 15.1. The minimum Gasteiger partial charge on any atom is -0.334 e. The first kappa shape index (κ1) is 15.8. The molecular formula is C19H16ClN3O2. The van der Waals surface area contributed by atoms with E-state index >= 15 is 0 Å². The normalized spacial score (nSPS) is 17.3. The summed E-state index contributed by atoms with van der Waals surface area (Å²) in [5, 5.41) is 4.73. The molecule has 1 unspecified atom stereocenters. The van der Waals surface area contributed by atoms with E-state index in [-0.39, 0.29) is 11.8 Å². The number of halogens is 1. The molecule has 25 heavy (non-hydrogen) atoms. The molecule has 0 aliphatic carbocycles. The van der Waals surface area contributed by atoms with Crippen molar-refractivity contribution in [3.63, 3.8) is 0 Å². The third-order valence-electron chi connectivity index (χ3n) is 4.37. The van der Waals surface area contributed by atoms with Crippen LogP contribution in [0.25, 0.3) is 11.5 Å². The van der Waals surface area contributed by atoms with Gasteiger partial charge >= 0.3 is 0 Å². The highest BCUT2D eigenvalue weighted by Gasteiger charge is 2.34. The van der Waals surface area contributed by atoms with Crippen LogP contribution in [-0.2, 0) is 4.79 Å². The Balaban J connectivity index is 1.54. The van der Waals surface area contributed by atoms with E-state index in [0.29, 0.717) is 29.7 Å². The first-order chi connectivity index (χ1) is 12.1. The molecule has 1 aliphatic heterocycles. The van der Waals surface area contributed by atoms with Gasteiger partial charge in [0.05, 0.1) is 0 Å². The summed E-state index contributed by atoms with van der Waals surface area (Å²) in [7, 11) is 0. The molecule has 0 saturated carbocycles. The summed E-state index contributed by atoms with van der Waals surface area (Å²) >= 11 is 5.91. The smallest absolute Gasteiger partial charge is 0.257 e. The van der Waals surface area contributed by atoms with Crippen LogP contribution >= 0.6 is 11.6 Å². The van der Waals surface area contributed by atoms with Crippen LogP contribution in [-0.4, -0.2) is 22.6 Å². The van der Waals surface area contributed by atoms with Crippen molar-refractivity contribution in [2.45, 2.75) is 19.3 Å². The van der Waals surface area contributed by atoms with Crippen molar-refractivity contribution in [3.8, 4) is 11.5 Å². The standard InChI is InChI=1S/C19H16ClN3O2/c1-12-2-4-13(5-3-12)19-21-18(22-25-19)14-10-17(24)23(11-14)16-8-6-15(20)7-9-16/h2-9,14H,10-11H2,1H3. The number of hydrogen-bond acceptors (Lipinski definition) is 4. The average molecular weight is 354 g/mol. The van der Waals surface area contributed by atoms with Crippen LogP contribution in [0.4, 0.5) is 5.69 Å². The molecule has 1 aromatic heterocycles. The summed E-state index contributed by atoms with van der Waals surface area (Å²) in [6.07, 6.45) is 0.371. The summed E-state index contributed by atoms with van der Waals surface area (Å²) in [5.74, 6) is 1.02. The Hall–Kier alpha value is -2.66. The molecule has 126 valence electrons. The number of amides is 1. The minimum absolute atomic E-state index is 0.0500. The fourth-order valence-corrected chi connectivity index (χ4v) is 3.09. The molecule has 0 N–H and O–H groups in total. The SMILES string of the molecule is Cc1ccc(-c2nc(C3CC(=O)N(c4ccc(Cl)cc4)C3)no2)cc1. The van der Waals surface area contributed by atoms with Crippen LogP contribution in [0.5, 0.6) is 0 Å². The van der Waals surface area contributed by atoms with Crippen molar-refractivity contribution in [2.75, 3.05) is 11.4 Å². The highest BCUT2D eigenvalue weighted by atomic mass is 35.5. The number of anilines is 1. The second-order valence-corrected chi connectivity index (χ2v) is 6.64. The van der Waals surface area contributed by atoms with Crippen LogP contribution in [0.3, 0.4) is 0 Å². The van der Waals surface area contributed by atoms with E-state index in [1.807, 2.05) is 43.3 Å². The van der Waals surface area contributed by atoms with Crippen LogP contribution in [0, 0.1) is 6.92 Å². The van der Waals surface area contributed by atoms with Gasteiger partial charge in [-0.2, -0.15) is 4.98 Å². The van der Waals surface area contributed by atoms with E-state index in [1.54, 1.807) is 17.0 Å². The molecule has 6 heteroatoms. The number of carbonyl (C=O) groups is 1. The molecule has 0 spiro atoms. The maximum absolute atomic E-state index is 12.4. The molecular weight excluding hydrogens is 338 g/mol. The second kappa shape index (κ2) is 6.33. The lowest BCUT2D eigenvalue weighted by Crippen LogP contribution is -2.24. The topological polar surface area (TPSA) is 59.2 Å². The fourth-order valence-electron chi connectivity index (χ4n) is 2.97. The van der Waals surface area contributed by atoms with Gasteiger partial charge in [0.1, 0.15) is 0 Å². The van der Waals surface area contributed by atoms with Crippen molar-refractivity contribution in [3.05, 3.63) is 64.9 Å². The molecule has 2 aromatic carbocycles. The van der Waals surface area contributed by atoms with E-state index in [2.05, 4.69) is 10.1 Å². The summed E-state index contributed by atoms with van der Waals surface area (Å²) in [6.45, 7) is 2.56. The molecule has 2 heterocycles. The maximum Gasteiger partial charge on any atom is 0.257 e. The largest absolute Gasteiger partial charge is 0.334 e. The van der Waals surface area contributed by atoms with Gasteiger partial charge in [-0.3, -0.25) is 4.79 Å². The summed E-state index contributed by atoms with van der Waals surface area (Å²) in [5.41, 5.74) is 2.88. The molecule has 1 aliphatic rings. The van der Waals surface area contributed by atoms with E-state index < -0.39 is 0 Å². The quantitative estimate of drug-likeness (QED) is 0.707. The van der Waals surface area contributed by atoms with Gasteiger partial charge in [0.2, 0.25) is 5.91 Å². The average Bonchev–Trinajstić information content (AvgIpc) is 3.23. The third-order valence-corrected chi connectivity index (χ3v) is 4.62. The van der Waals surface area contributed by atoms with Crippen LogP contribution in [0.1, 0.15) is 23.7 Å². The fraction of sp³-hybridized carbons (Fsp3) is 0.211. The monoisotopic (exact) mass is 353 g/mol. The molecule has 4 rings (SSSR count). The number of nitrogens with zero attached hydrogens (tertiary/aromatic N) is 3. The van der Waals surface area contributed by atoms with Crippen LogP contribution < -0.4 is 4.90 Å². The molecule has 1 atom stereocenters. The van der Waals surface area contributed by atoms with Crippen molar-refractivity contribution in [1.82, 2.24) is 10.1 Å². The van der Waals surface area contributed by atoms with Crippen molar-refractivity contribution in [2.24, 2.45) is 0 Å². The number of benzene rings is 2. The van der Waals surface area contributed by atoms with E-state index in [9.17, 15) is 4.79 Å². The molecule has 1 saturated heterocycles. The molecule has 0 bridgehead atoms. The highest BCUT2D eigenvalue weighted by Crippen LogP contribution is 2.32. The first-order valence-corrected chi connectivity index (χ1v) is 8.44. The zero-order valence-corrected chi connectivity index (χ0v) is 14.4. The van der Waals surface area contributed by atoms with Gasteiger partial charge in [0.15, 0.2) is 5.82 Å². The van der Waals surface area contributed by atoms with E-state index in [0.717, 1.165) is 11.3 Å². The van der Waals surface area contributed by atoms with Gasteiger partial charge in [-0.05, 0) is 43.3 Å². The third kappa shape index (κ3) is 3.15. The number of aromatic nitrogens is 2. The van der Waals surface area contributed by atoms with Gasteiger partial charge in [0.25, 0.3) is 5.89 Å². The number of rotatable bonds is 3. The van der Waals surface area contributed by atoms with Gasteiger partial charge < -0.3 is 9.42 Å². The van der Waals surface area contributed by atoms with Crippen molar-refractivity contribution in [1.29, 1.82) is 0 Å². The Morgan fingerprint density at radius 1 is 1.12 bits per heavy atom. The van der Waals surface area contributed by atoms with Gasteiger partial charge in [-0.1, -0.05) is 34.5 Å². The second-order valence-electron chi connectivity index (χ2n) is 6.21. The number of aryl methyl sites for hydroxylation is 1. The molecule has 1 fully saturated rings. The van der Waals surface area contributed by atoms with Crippen LogP contribution in [0.2, 0.25) is 5.02 Å². The zero-order chi connectivity index (χ0) is 17.4. The van der Waals surface area contributed by atoms with Gasteiger partial charge in [-0.15, -0.1) is 0 Å².